The molecule has 1 aromatic rings. The molecule has 0 aliphatic carbocycles. The van der Waals surface area contributed by atoms with Crippen molar-refractivity contribution in [3.8, 4) is 6.07 Å². The summed E-state index contributed by atoms with van der Waals surface area (Å²) in [7, 11) is 2.01. The van der Waals surface area contributed by atoms with E-state index < -0.39 is 6.10 Å². The molecule has 2 atom stereocenters. The number of benzene rings is 1. The first-order valence-corrected chi connectivity index (χ1v) is 6.33. The lowest BCUT2D eigenvalue weighted by atomic mass is 10.00. The average Bonchev–Trinajstić information content (AvgIpc) is 2.35. The maximum atomic E-state index is 9.83. The highest BCUT2D eigenvalue weighted by molar-refractivity contribution is 5.58. The van der Waals surface area contributed by atoms with Crippen LogP contribution in [0.1, 0.15) is 44.9 Å². The number of aliphatic hydroxyl groups is 1. The summed E-state index contributed by atoms with van der Waals surface area (Å²) in [5.74, 6) is 0.502. The van der Waals surface area contributed by atoms with Crippen LogP contribution in [-0.4, -0.2) is 18.2 Å². The van der Waals surface area contributed by atoms with Crippen molar-refractivity contribution in [1.82, 2.24) is 0 Å². The standard InChI is InChI=1S/C15H22N2O/c1-10(2)11(3)17(5)15-8-13(9-16)6-7-14(15)12(4)18/h6-8,10-12,18H,1-5H3. The zero-order valence-corrected chi connectivity index (χ0v) is 11.8. The van der Waals surface area contributed by atoms with Gasteiger partial charge in [-0.1, -0.05) is 19.9 Å². The molecule has 0 bridgehead atoms. The molecule has 0 saturated heterocycles. The van der Waals surface area contributed by atoms with E-state index in [1.165, 1.54) is 0 Å². The first-order chi connectivity index (χ1) is 8.38. The van der Waals surface area contributed by atoms with Crippen molar-refractivity contribution in [1.29, 1.82) is 5.26 Å². The Bertz CT molecular complexity index is 446. The minimum absolute atomic E-state index is 0.344. The number of nitrogens with zero attached hydrogens (tertiary/aromatic N) is 2. The fraction of sp³-hybridized carbons (Fsp3) is 0.533. The third kappa shape index (κ3) is 3.02. The third-order valence-corrected chi connectivity index (χ3v) is 3.57. The Morgan fingerprint density at radius 1 is 1.22 bits per heavy atom. The number of nitriles is 1. The molecule has 0 fully saturated rings. The summed E-state index contributed by atoms with van der Waals surface area (Å²) in [6.07, 6.45) is -0.533. The molecule has 0 aliphatic heterocycles. The van der Waals surface area contributed by atoms with Crippen molar-refractivity contribution in [3.63, 3.8) is 0 Å². The molecule has 0 radical (unpaired) electrons. The van der Waals surface area contributed by atoms with E-state index in [-0.39, 0.29) is 0 Å². The van der Waals surface area contributed by atoms with Crippen molar-refractivity contribution in [3.05, 3.63) is 29.3 Å². The van der Waals surface area contributed by atoms with E-state index in [0.29, 0.717) is 17.5 Å². The number of rotatable bonds is 4. The van der Waals surface area contributed by atoms with E-state index in [0.717, 1.165) is 11.3 Å². The summed E-state index contributed by atoms with van der Waals surface area (Å²) >= 11 is 0. The average molecular weight is 246 g/mol. The molecule has 0 spiro atoms. The lowest BCUT2D eigenvalue weighted by Gasteiger charge is -2.32. The van der Waals surface area contributed by atoms with Crippen molar-refractivity contribution >= 4 is 5.69 Å². The molecule has 3 heteroatoms. The molecular formula is C15H22N2O. The summed E-state index contributed by atoms with van der Waals surface area (Å²) < 4.78 is 0. The Morgan fingerprint density at radius 2 is 1.83 bits per heavy atom. The number of hydrogen-bond acceptors (Lipinski definition) is 3. The molecule has 1 rings (SSSR count). The normalized spacial score (nSPS) is 14.1. The first kappa shape index (κ1) is 14.5. The maximum Gasteiger partial charge on any atom is 0.0992 e. The summed E-state index contributed by atoms with van der Waals surface area (Å²) in [5, 5.41) is 18.8. The lowest BCUT2D eigenvalue weighted by Crippen LogP contribution is -2.34. The van der Waals surface area contributed by atoms with Crippen LogP contribution in [0.25, 0.3) is 0 Å². The van der Waals surface area contributed by atoms with Crippen molar-refractivity contribution in [2.24, 2.45) is 5.92 Å². The summed E-state index contributed by atoms with van der Waals surface area (Å²) in [6, 6.07) is 7.93. The van der Waals surface area contributed by atoms with Crippen LogP contribution in [-0.2, 0) is 0 Å². The second-order valence-electron chi connectivity index (χ2n) is 5.16. The van der Waals surface area contributed by atoms with Gasteiger partial charge in [0.2, 0.25) is 0 Å². The minimum atomic E-state index is -0.533. The second-order valence-corrected chi connectivity index (χ2v) is 5.16. The van der Waals surface area contributed by atoms with Crippen LogP contribution in [0, 0.1) is 17.2 Å². The second kappa shape index (κ2) is 5.88. The number of aliphatic hydroxyl groups excluding tert-OH is 1. The molecule has 1 N–H and O–H groups in total. The molecule has 0 amide bonds. The van der Waals surface area contributed by atoms with Crippen molar-refractivity contribution in [2.45, 2.75) is 39.8 Å². The summed E-state index contributed by atoms with van der Waals surface area (Å²) in [5.41, 5.74) is 2.42. The van der Waals surface area contributed by atoms with E-state index in [1.807, 2.05) is 19.2 Å². The van der Waals surface area contributed by atoms with Crippen LogP contribution in [0.15, 0.2) is 18.2 Å². The fourth-order valence-corrected chi connectivity index (χ4v) is 1.94. The van der Waals surface area contributed by atoms with Gasteiger partial charge in [0.25, 0.3) is 0 Å². The van der Waals surface area contributed by atoms with Crippen molar-refractivity contribution in [2.75, 3.05) is 11.9 Å². The third-order valence-electron chi connectivity index (χ3n) is 3.57. The molecule has 98 valence electrons. The van der Waals surface area contributed by atoms with Gasteiger partial charge in [-0.2, -0.15) is 5.26 Å². The molecule has 0 aromatic heterocycles. The molecule has 0 aliphatic rings. The minimum Gasteiger partial charge on any atom is -0.389 e. The predicted octanol–water partition coefficient (Wildman–Crippen LogP) is 3.09. The fourth-order valence-electron chi connectivity index (χ4n) is 1.94. The van der Waals surface area contributed by atoms with E-state index in [9.17, 15) is 5.11 Å². The smallest absolute Gasteiger partial charge is 0.0992 e. The van der Waals surface area contributed by atoms with Gasteiger partial charge >= 0.3 is 0 Å². The zero-order chi connectivity index (χ0) is 13.9. The van der Waals surface area contributed by atoms with E-state index in [4.69, 9.17) is 5.26 Å². The highest BCUT2D eigenvalue weighted by Crippen LogP contribution is 2.29. The Morgan fingerprint density at radius 3 is 2.28 bits per heavy atom. The Labute approximate surface area is 110 Å². The van der Waals surface area contributed by atoms with Gasteiger partial charge in [-0.25, -0.2) is 0 Å². The SMILES string of the molecule is CC(O)c1ccc(C#N)cc1N(C)C(C)C(C)C. The van der Waals surface area contributed by atoms with Gasteiger partial charge in [-0.05, 0) is 31.9 Å². The van der Waals surface area contributed by atoms with Gasteiger partial charge < -0.3 is 10.0 Å². The van der Waals surface area contributed by atoms with Gasteiger partial charge in [0, 0.05) is 24.3 Å². The van der Waals surface area contributed by atoms with Crippen LogP contribution < -0.4 is 4.90 Å². The zero-order valence-electron chi connectivity index (χ0n) is 11.8. The first-order valence-electron chi connectivity index (χ1n) is 6.33. The number of anilines is 1. The van der Waals surface area contributed by atoms with Gasteiger partial charge in [0.05, 0.1) is 17.7 Å². The van der Waals surface area contributed by atoms with Crippen LogP contribution in [0.4, 0.5) is 5.69 Å². The Kier molecular flexibility index (Phi) is 4.75. The van der Waals surface area contributed by atoms with E-state index in [1.54, 1.807) is 13.0 Å². The van der Waals surface area contributed by atoms with Gasteiger partial charge in [-0.15, -0.1) is 0 Å². The van der Waals surface area contributed by atoms with Gasteiger partial charge in [0.1, 0.15) is 0 Å². The molecule has 3 nitrogen and oxygen atoms in total. The Balaban J connectivity index is 3.23. The van der Waals surface area contributed by atoms with Crippen LogP contribution in [0.3, 0.4) is 0 Å². The lowest BCUT2D eigenvalue weighted by molar-refractivity contribution is 0.199. The Hall–Kier alpha value is -1.53. The highest BCUT2D eigenvalue weighted by Gasteiger charge is 2.18. The molecule has 1 aromatic carbocycles. The highest BCUT2D eigenvalue weighted by atomic mass is 16.3. The predicted molar refractivity (Wildman–Crippen MR) is 74.5 cm³/mol. The monoisotopic (exact) mass is 246 g/mol. The number of hydrogen-bond donors (Lipinski definition) is 1. The van der Waals surface area contributed by atoms with Crippen LogP contribution in [0.5, 0.6) is 0 Å². The van der Waals surface area contributed by atoms with Gasteiger partial charge in [0.15, 0.2) is 0 Å². The van der Waals surface area contributed by atoms with Gasteiger partial charge in [-0.3, -0.25) is 0 Å². The summed E-state index contributed by atoms with van der Waals surface area (Å²) in [6.45, 7) is 8.23. The van der Waals surface area contributed by atoms with Crippen LogP contribution >= 0.6 is 0 Å². The maximum absolute atomic E-state index is 9.83. The quantitative estimate of drug-likeness (QED) is 0.888. The van der Waals surface area contributed by atoms with E-state index >= 15 is 0 Å². The molecule has 18 heavy (non-hydrogen) atoms. The van der Waals surface area contributed by atoms with E-state index in [2.05, 4.69) is 31.7 Å². The van der Waals surface area contributed by atoms with Crippen molar-refractivity contribution < 1.29 is 5.11 Å². The molecular weight excluding hydrogens is 224 g/mol. The molecule has 0 heterocycles. The summed E-state index contributed by atoms with van der Waals surface area (Å²) in [4.78, 5) is 2.13. The largest absolute Gasteiger partial charge is 0.389 e. The molecule has 0 saturated carbocycles. The molecule has 2 unspecified atom stereocenters. The topological polar surface area (TPSA) is 47.3 Å². The van der Waals surface area contributed by atoms with Crippen LogP contribution in [0.2, 0.25) is 0 Å².